The molecule has 2 heterocycles. The van der Waals surface area contributed by atoms with Crippen LogP contribution >= 0.6 is 0 Å². The Labute approximate surface area is 129 Å². The van der Waals surface area contributed by atoms with Gasteiger partial charge >= 0.3 is 0 Å². The highest BCUT2D eigenvalue weighted by Crippen LogP contribution is 2.31. The number of pyridine rings is 1. The Morgan fingerprint density at radius 3 is 3.00 bits per heavy atom. The fourth-order valence-corrected chi connectivity index (χ4v) is 2.48. The van der Waals surface area contributed by atoms with E-state index in [9.17, 15) is 4.79 Å². The zero-order chi connectivity index (χ0) is 15.4. The number of fused-ring (bicyclic) bond motifs is 1. The van der Waals surface area contributed by atoms with Gasteiger partial charge in [0.1, 0.15) is 5.75 Å². The zero-order valence-corrected chi connectivity index (χ0v) is 12.4. The summed E-state index contributed by atoms with van der Waals surface area (Å²) in [5.74, 6) is 1.22. The van der Waals surface area contributed by atoms with Crippen molar-refractivity contribution in [2.45, 2.75) is 19.4 Å². The molecule has 1 atom stereocenters. The molecule has 0 saturated heterocycles. The number of rotatable bonds is 4. The number of carbonyl (C=O) groups is 1. The maximum Gasteiger partial charge on any atom is 0.253 e. The Morgan fingerprint density at radius 2 is 2.23 bits per heavy atom. The minimum Gasteiger partial charge on any atom is -0.493 e. The third-order valence-electron chi connectivity index (χ3n) is 3.55. The molecule has 1 aliphatic heterocycles. The number of aromatic nitrogens is 1. The van der Waals surface area contributed by atoms with Gasteiger partial charge in [-0.1, -0.05) is 18.2 Å². The van der Waals surface area contributed by atoms with Crippen molar-refractivity contribution < 1.29 is 14.3 Å². The molecule has 0 spiro atoms. The van der Waals surface area contributed by atoms with Crippen LogP contribution in [0.2, 0.25) is 0 Å². The van der Waals surface area contributed by atoms with Crippen molar-refractivity contribution in [2.24, 2.45) is 0 Å². The average molecular weight is 298 g/mol. The number of nitrogens with one attached hydrogen (secondary N) is 1. The summed E-state index contributed by atoms with van der Waals surface area (Å²) in [6.07, 6.45) is 2.29. The molecule has 0 saturated carbocycles. The molecule has 22 heavy (non-hydrogen) atoms. The van der Waals surface area contributed by atoms with Crippen molar-refractivity contribution in [1.82, 2.24) is 10.3 Å². The number of hydrogen-bond donors (Lipinski definition) is 1. The maximum absolute atomic E-state index is 12.4. The second-order valence-electron chi connectivity index (χ2n) is 5.02. The van der Waals surface area contributed by atoms with Crippen molar-refractivity contribution in [1.29, 1.82) is 0 Å². The smallest absolute Gasteiger partial charge is 0.253 e. The monoisotopic (exact) mass is 298 g/mol. The van der Waals surface area contributed by atoms with Crippen molar-refractivity contribution >= 4 is 5.91 Å². The van der Waals surface area contributed by atoms with E-state index in [0.29, 0.717) is 24.7 Å². The molecule has 3 rings (SSSR count). The molecular formula is C17H18N2O3. The van der Waals surface area contributed by atoms with E-state index in [0.717, 1.165) is 17.7 Å². The predicted octanol–water partition coefficient (Wildman–Crippen LogP) is 2.73. The van der Waals surface area contributed by atoms with Crippen LogP contribution in [0.3, 0.4) is 0 Å². The standard InChI is InChI=1S/C17H18N2O3/c1-2-21-16-8-7-12(11-18-16)17(20)19-14-9-10-22-15-6-4-3-5-13(14)15/h3-8,11,14H,2,9-10H2,1H3,(H,19,20). The fraction of sp³-hybridized carbons (Fsp3) is 0.294. The minimum absolute atomic E-state index is 0.0379. The highest BCUT2D eigenvalue weighted by Gasteiger charge is 2.23. The Morgan fingerprint density at radius 1 is 1.36 bits per heavy atom. The van der Waals surface area contributed by atoms with Crippen molar-refractivity contribution in [3.8, 4) is 11.6 Å². The summed E-state index contributed by atoms with van der Waals surface area (Å²) in [7, 11) is 0. The van der Waals surface area contributed by atoms with Crippen LogP contribution in [-0.4, -0.2) is 24.1 Å². The Kier molecular flexibility index (Phi) is 4.23. The summed E-state index contributed by atoms with van der Waals surface area (Å²) >= 11 is 0. The first-order chi connectivity index (χ1) is 10.8. The lowest BCUT2D eigenvalue weighted by Crippen LogP contribution is -2.32. The number of para-hydroxylation sites is 1. The number of nitrogens with zero attached hydrogens (tertiary/aromatic N) is 1. The van der Waals surface area contributed by atoms with Crippen LogP contribution in [0.15, 0.2) is 42.6 Å². The molecule has 5 heteroatoms. The largest absolute Gasteiger partial charge is 0.493 e. The molecular weight excluding hydrogens is 280 g/mol. The zero-order valence-electron chi connectivity index (χ0n) is 12.4. The van der Waals surface area contributed by atoms with Crippen molar-refractivity contribution in [2.75, 3.05) is 13.2 Å². The lowest BCUT2D eigenvalue weighted by atomic mass is 10.0. The molecule has 1 N–H and O–H groups in total. The van der Waals surface area contributed by atoms with E-state index in [1.165, 1.54) is 6.20 Å². The van der Waals surface area contributed by atoms with Gasteiger partial charge in [0.05, 0.1) is 24.8 Å². The van der Waals surface area contributed by atoms with Gasteiger partial charge in [0.15, 0.2) is 0 Å². The molecule has 1 unspecified atom stereocenters. The van der Waals surface area contributed by atoms with Crippen LogP contribution in [0.5, 0.6) is 11.6 Å². The van der Waals surface area contributed by atoms with Crippen molar-refractivity contribution in [3.05, 3.63) is 53.7 Å². The van der Waals surface area contributed by atoms with Crippen LogP contribution in [0.4, 0.5) is 0 Å². The molecule has 114 valence electrons. The number of ether oxygens (including phenoxy) is 2. The van der Waals surface area contributed by atoms with Gasteiger partial charge in [-0.05, 0) is 19.1 Å². The molecule has 0 aliphatic carbocycles. The summed E-state index contributed by atoms with van der Waals surface area (Å²) in [6, 6.07) is 11.2. The Balaban J connectivity index is 1.72. The minimum atomic E-state index is -0.141. The van der Waals surface area contributed by atoms with Crippen LogP contribution < -0.4 is 14.8 Å². The van der Waals surface area contributed by atoms with Crippen LogP contribution in [-0.2, 0) is 0 Å². The molecule has 0 fully saturated rings. The second kappa shape index (κ2) is 6.47. The van der Waals surface area contributed by atoms with E-state index >= 15 is 0 Å². The van der Waals surface area contributed by atoms with Gasteiger partial charge in [0.2, 0.25) is 5.88 Å². The van der Waals surface area contributed by atoms with Gasteiger partial charge in [0.25, 0.3) is 5.91 Å². The summed E-state index contributed by atoms with van der Waals surface area (Å²) < 4.78 is 10.9. The molecule has 0 bridgehead atoms. The third kappa shape index (κ3) is 3.03. The first kappa shape index (κ1) is 14.4. The molecule has 2 aromatic rings. The number of carbonyl (C=O) groups excluding carboxylic acids is 1. The first-order valence-corrected chi connectivity index (χ1v) is 7.39. The van der Waals surface area contributed by atoms with Gasteiger partial charge in [0, 0.05) is 24.2 Å². The molecule has 1 aromatic heterocycles. The lowest BCUT2D eigenvalue weighted by Gasteiger charge is -2.26. The van der Waals surface area contributed by atoms with Gasteiger partial charge in [-0.15, -0.1) is 0 Å². The van der Waals surface area contributed by atoms with Gasteiger partial charge in [-0.3, -0.25) is 4.79 Å². The summed E-state index contributed by atoms with van der Waals surface area (Å²) in [5, 5.41) is 3.04. The predicted molar refractivity (Wildman–Crippen MR) is 82.2 cm³/mol. The highest BCUT2D eigenvalue weighted by molar-refractivity contribution is 5.94. The lowest BCUT2D eigenvalue weighted by molar-refractivity contribution is 0.0924. The van der Waals surface area contributed by atoms with E-state index in [1.54, 1.807) is 12.1 Å². The number of amides is 1. The number of benzene rings is 1. The molecule has 0 radical (unpaired) electrons. The van der Waals surface area contributed by atoms with E-state index in [4.69, 9.17) is 9.47 Å². The van der Waals surface area contributed by atoms with E-state index in [1.807, 2.05) is 31.2 Å². The Bertz CT molecular complexity index is 655. The summed E-state index contributed by atoms with van der Waals surface area (Å²) in [5.41, 5.74) is 1.54. The molecule has 1 aromatic carbocycles. The van der Waals surface area contributed by atoms with E-state index in [-0.39, 0.29) is 11.9 Å². The van der Waals surface area contributed by atoms with Gasteiger partial charge < -0.3 is 14.8 Å². The topological polar surface area (TPSA) is 60.5 Å². The van der Waals surface area contributed by atoms with Crippen LogP contribution in [0, 0.1) is 0 Å². The van der Waals surface area contributed by atoms with Gasteiger partial charge in [-0.25, -0.2) is 4.98 Å². The van der Waals surface area contributed by atoms with E-state index < -0.39 is 0 Å². The van der Waals surface area contributed by atoms with Crippen molar-refractivity contribution in [3.63, 3.8) is 0 Å². The maximum atomic E-state index is 12.4. The average Bonchev–Trinajstić information content (AvgIpc) is 2.56. The highest BCUT2D eigenvalue weighted by atomic mass is 16.5. The molecule has 1 aliphatic rings. The summed E-state index contributed by atoms with van der Waals surface area (Å²) in [6.45, 7) is 3.05. The molecule has 5 nitrogen and oxygen atoms in total. The first-order valence-electron chi connectivity index (χ1n) is 7.39. The fourth-order valence-electron chi connectivity index (χ4n) is 2.48. The van der Waals surface area contributed by atoms with E-state index in [2.05, 4.69) is 10.3 Å². The van der Waals surface area contributed by atoms with Crippen LogP contribution in [0.25, 0.3) is 0 Å². The van der Waals surface area contributed by atoms with Gasteiger partial charge in [-0.2, -0.15) is 0 Å². The second-order valence-corrected chi connectivity index (χ2v) is 5.02. The van der Waals surface area contributed by atoms with Crippen LogP contribution in [0.1, 0.15) is 35.3 Å². The normalized spacial score (nSPS) is 16.3. The number of hydrogen-bond acceptors (Lipinski definition) is 4. The quantitative estimate of drug-likeness (QED) is 0.943. The molecule has 1 amide bonds. The Hall–Kier alpha value is -2.56. The summed E-state index contributed by atoms with van der Waals surface area (Å²) in [4.78, 5) is 16.5. The SMILES string of the molecule is CCOc1ccc(C(=O)NC2CCOc3ccccc32)cn1. The third-order valence-corrected chi connectivity index (χ3v) is 3.55.